The lowest BCUT2D eigenvalue weighted by atomic mass is 10.2. The van der Waals surface area contributed by atoms with Gasteiger partial charge in [0.25, 0.3) is 0 Å². The van der Waals surface area contributed by atoms with Crippen molar-refractivity contribution >= 4 is 0 Å². The third-order valence-corrected chi connectivity index (χ3v) is 0.217. The summed E-state index contributed by atoms with van der Waals surface area (Å²) in [4.78, 5) is 0. The fourth-order valence-electron chi connectivity index (χ4n) is 0. The first-order valence-electron chi connectivity index (χ1n) is 4.29. The molecule has 0 aliphatic carbocycles. The van der Waals surface area contributed by atoms with Crippen molar-refractivity contribution in [2.45, 2.75) is 13.8 Å². The molecule has 1 nitrogen and oxygen atoms in total. The molecule has 0 heterocycles. The van der Waals surface area contributed by atoms with Crippen LogP contribution in [0, 0.1) is 5.89 Å². The molecule has 1 heteroatoms. The summed E-state index contributed by atoms with van der Waals surface area (Å²) in [7, 11) is 0. The SMILES string of the molecule is [2H]C([2H])([2H])C([2H])(C)C([2H])([2H])N. The van der Waals surface area contributed by atoms with E-state index in [-0.39, 0.29) is 0 Å². The average molecular weight is 79.2 g/mol. The number of hydrogen-bond acceptors (Lipinski definition) is 1. The zero-order valence-corrected chi connectivity index (χ0v) is 3.08. The van der Waals surface area contributed by atoms with Gasteiger partial charge >= 0.3 is 0 Å². The first-order chi connectivity index (χ1) is 4.50. The highest BCUT2D eigenvalue weighted by atomic mass is 14.5. The van der Waals surface area contributed by atoms with E-state index < -0.39 is 19.2 Å². The third-order valence-electron chi connectivity index (χ3n) is 0.217. The van der Waals surface area contributed by atoms with Crippen molar-refractivity contribution in [1.82, 2.24) is 0 Å². The Morgan fingerprint density at radius 3 is 3.20 bits per heavy atom. The van der Waals surface area contributed by atoms with Gasteiger partial charge in [-0.2, -0.15) is 0 Å². The van der Waals surface area contributed by atoms with Crippen LogP contribution in [0.3, 0.4) is 0 Å². The van der Waals surface area contributed by atoms with Crippen LogP contribution in [-0.4, -0.2) is 6.50 Å². The molecule has 0 bridgehead atoms. The van der Waals surface area contributed by atoms with E-state index in [1.807, 2.05) is 0 Å². The second-order valence-corrected chi connectivity index (χ2v) is 0.769. The molecule has 0 radical (unpaired) electrons. The fraction of sp³-hybridized carbons (Fsp3) is 1.00. The van der Waals surface area contributed by atoms with Gasteiger partial charge in [0.1, 0.15) is 0 Å². The predicted molar refractivity (Wildman–Crippen MR) is 23.9 cm³/mol. The van der Waals surface area contributed by atoms with E-state index in [0.717, 1.165) is 6.92 Å². The van der Waals surface area contributed by atoms with Gasteiger partial charge in [-0.25, -0.2) is 0 Å². The van der Waals surface area contributed by atoms with Crippen LogP contribution in [0.2, 0.25) is 0 Å². The Morgan fingerprint density at radius 1 is 2.60 bits per heavy atom. The van der Waals surface area contributed by atoms with Crippen LogP contribution in [0.5, 0.6) is 0 Å². The van der Waals surface area contributed by atoms with Crippen LogP contribution in [-0.2, 0) is 0 Å². The van der Waals surface area contributed by atoms with E-state index >= 15 is 0 Å². The van der Waals surface area contributed by atoms with Gasteiger partial charge < -0.3 is 5.73 Å². The van der Waals surface area contributed by atoms with Crippen molar-refractivity contribution in [3.63, 3.8) is 0 Å². The van der Waals surface area contributed by atoms with Gasteiger partial charge in [0.15, 0.2) is 0 Å². The highest BCUT2D eigenvalue weighted by Crippen LogP contribution is 1.81. The largest absolute Gasteiger partial charge is 0.330 e. The molecule has 0 aromatic heterocycles. The highest BCUT2D eigenvalue weighted by Gasteiger charge is 1.80. The van der Waals surface area contributed by atoms with Crippen LogP contribution >= 0.6 is 0 Å². The Balaban J connectivity index is 4.75. The molecule has 0 aromatic carbocycles. The van der Waals surface area contributed by atoms with Gasteiger partial charge in [-0.05, 0) is 12.4 Å². The van der Waals surface area contributed by atoms with E-state index in [1.54, 1.807) is 0 Å². The van der Waals surface area contributed by atoms with Gasteiger partial charge in [0.05, 0.1) is 0 Å². The van der Waals surface area contributed by atoms with Gasteiger partial charge in [0.2, 0.25) is 0 Å². The minimum Gasteiger partial charge on any atom is -0.330 e. The average Bonchev–Trinajstić information content (AvgIpc) is 1.58. The monoisotopic (exact) mass is 79.1 g/mol. The molecule has 32 valence electrons. The van der Waals surface area contributed by atoms with Crippen LogP contribution in [0.25, 0.3) is 0 Å². The third kappa shape index (κ3) is 3.96. The molecule has 0 aromatic rings. The first-order valence-corrected chi connectivity index (χ1v) is 1.29. The summed E-state index contributed by atoms with van der Waals surface area (Å²) in [5.41, 5.74) is 4.89. The molecule has 0 aliphatic rings. The van der Waals surface area contributed by atoms with Crippen molar-refractivity contribution in [2.24, 2.45) is 11.6 Å². The van der Waals surface area contributed by atoms with Crippen LogP contribution < -0.4 is 5.73 Å². The van der Waals surface area contributed by atoms with E-state index in [1.165, 1.54) is 0 Å². The summed E-state index contributed by atoms with van der Waals surface area (Å²) in [6, 6.07) is 0. The van der Waals surface area contributed by atoms with E-state index in [2.05, 4.69) is 0 Å². The summed E-state index contributed by atoms with van der Waals surface area (Å²) in [6.45, 7) is -4.26. The van der Waals surface area contributed by atoms with Gasteiger partial charge in [-0.1, -0.05) is 13.8 Å². The van der Waals surface area contributed by atoms with E-state index in [4.69, 9.17) is 14.0 Å². The van der Waals surface area contributed by atoms with Crippen molar-refractivity contribution in [3.8, 4) is 0 Å². The number of rotatable bonds is 1. The zero-order valence-electron chi connectivity index (χ0n) is 9.08. The maximum Gasteiger partial charge on any atom is 0.0428 e. The predicted octanol–water partition coefficient (Wildman–Crippen LogP) is 0.601. The lowest BCUT2D eigenvalue weighted by molar-refractivity contribution is 0.664. The quantitative estimate of drug-likeness (QED) is 0.489. The first kappa shape index (κ1) is 0.784. The second kappa shape index (κ2) is 2.21. The summed E-state index contributed by atoms with van der Waals surface area (Å²) in [5.74, 6) is -2.26. The van der Waals surface area contributed by atoms with E-state index in [9.17, 15) is 0 Å². The maximum absolute atomic E-state index is 7.17. The lowest BCUT2D eigenvalue weighted by Crippen LogP contribution is -2.05. The molecule has 2 N–H and O–H groups in total. The van der Waals surface area contributed by atoms with Crippen molar-refractivity contribution in [2.75, 3.05) is 6.50 Å². The molecule has 5 heavy (non-hydrogen) atoms. The standard InChI is InChI=1S/C4H11N/c1-4(2)3-5/h4H,3,5H2,1-2H3/i1D3,3D2,4D. The Bertz CT molecular complexity index is 126. The Morgan fingerprint density at radius 2 is 3.20 bits per heavy atom. The molecule has 1 atom stereocenters. The normalized spacial score (nSPS) is 44.4. The molecule has 0 spiro atoms. The molecule has 0 rings (SSSR count). The molecule has 0 amide bonds. The summed E-state index contributed by atoms with van der Waals surface area (Å²) >= 11 is 0. The molecule has 0 aliphatic heterocycles. The summed E-state index contributed by atoms with van der Waals surface area (Å²) in [6.07, 6.45) is 0. The van der Waals surface area contributed by atoms with Crippen LogP contribution in [0.15, 0.2) is 0 Å². The maximum atomic E-state index is 7.17. The second-order valence-electron chi connectivity index (χ2n) is 0.769. The number of nitrogens with two attached hydrogens (primary N) is 1. The highest BCUT2D eigenvalue weighted by molar-refractivity contribution is 4.38. The Hall–Kier alpha value is -0.0400. The summed E-state index contributed by atoms with van der Waals surface area (Å²) < 4.78 is 41.4. The molecular formula is C4H11N. The Kier molecular flexibility index (Phi) is 0.347. The van der Waals surface area contributed by atoms with Crippen molar-refractivity contribution in [3.05, 3.63) is 0 Å². The van der Waals surface area contributed by atoms with Gasteiger partial charge in [-0.3, -0.25) is 0 Å². The fourth-order valence-corrected chi connectivity index (χ4v) is 0. The van der Waals surface area contributed by atoms with Crippen LogP contribution in [0.4, 0.5) is 0 Å². The molecule has 0 fully saturated rings. The lowest BCUT2D eigenvalue weighted by Gasteiger charge is -1.91. The van der Waals surface area contributed by atoms with Crippen LogP contribution in [0.1, 0.15) is 22.0 Å². The smallest absolute Gasteiger partial charge is 0.0428 e. The summed E-state index contributed by atoms with van der Waals surface area (Å²) in [5, 5.41) is 0. The van der Waals surface area contributed by atoms with E-state index in [0.29, 0.717) is 0 Å². The van der Waals surface area contributed by atoms with Crippen molar-refractivity contribution < 1.29 is 8.22 Å². The zero-order chi connectivity index (χ0) is 9.50. The molecule has 0 saturated carbocycles. The van der Waals surface area contributed by atoms with Crippen molar-refractivity contribution in [1.29, 1.82) is 0 Å². The molecular weight excluding hydrogens is 62.1 g/mol. The minimum absolute atomic E-state index is 0.958. The topological polar surface area (TPSA) is 26.0 Å². The number of hydrogen-bond donors (Lipinski definition) is 1. The molecule has 1 unspecified atom stereocenters. The van der Waals surface area contributed by atoms with Gasteiger partial charge in [0, 0.05) is 8.22 Å². The Labute approximate surface area is 41.6 Å². The van der Waals surface area contributed by atoms with Gasteiger partial charge in [-0.15, -0.1) is 0 Å². The minimum atomic E-state index is -2.70. The molecule has 0 saturated heterocycles.